The molecule has 28 heavy (non-hydrogen) atoms. The van der Waals surface area contributed by atoms with E-state index in [4.69, 9.17) is 0 Å². The van der Waals surface area contributed by atoms with E-state index in [1.54, 1.807) is 16.0 Å². The van der Waals surface area contributed by atoms with Gasteiger partial charge in [0.05, 0.1) is 36.8 Å². The van der Waals surface area contributed by atoms with Gasteiger partial charge >= 0.3 is 6.61 Å². The molecule has 8 nitrogen and oxygen atoms in total. The number of Topliss-reactive ketones (excluding diaryl/α,β-unsaturated/α-hetero) is 1. The first kappa shape index (κ1) is 18.7. The minimum absolute atomic E-state index is 0.0169. The summed E-state index contributed by atoms with van der Waals surface area (Å²) in [5.74, 6) is 0.0367. The zero-order valence-electron chi connectivity index (χ0n) is 14.6. The third-order valence-corrected chi connectivity index (χ3v) is 5.69. The number of ketones is 1. The molecule has 1 saturated heterocycles. The number of likely N-dealkylation sites (tertiary alicyclic amines) is 1. The monoisotopic (exact) mass is 410 g/mol. The third kappa shape index (κ3) is 3.80. The summed E-state index contributed by atoms with van der Waals surface area (Å²) < 4.78 is 42.6. The minimum Gasteiger partial charge on any atom is -0.435 e. The van der Waals surface area contributed by atoms with E-state index in [2.05, 4.69) is 9.84 Å². The van der Waals surface area contributed by atoms with Crippen molar-refractivity contribution in [1.82, 2.24) is 19.0 Å². The summed E-state index contributed by atoms with van der Waals surface area (Å²) in [5.41, 5.74) is 1.47. The lowest BCUT2D eigenvalue weighted by molar-refractivity contribution is -0.138. The van der Waals surface area contributed by atoms with E-state index in [9.17, 15) is 22.6 Å². The van der Waals surface area contributed by atoms with Gasteiger partial charge in [0.1, 0.15) is 5.75 Å². The molecule has 1 unspecified atom stereocenters. The van der Waals surface area contributed by atoms with Crippen molar-refractivity contribution in [2.45, 2.75) is 24.6 Å². The molecule has 0 aliphatic carbocycles. The molecule has 4 rings (SSSR count). The Bertz CT molecular complexity index is 916. The molecule has 3 heterocycles. The predicted octanol–water partition coefficient (Wildman–Crippen LogP) is 0.782. The molecule has 0 radical (unpaired) electrons. The Hall–Kier alpha value is -2.66. The average molecular weight is 410 g/mol. The number of rotatable bonds is 6. The van der Waals surface area contributed by atoms with Gasteiger partial charge in [-0.05, 0) is 24.3 Å². The van der Waals surface area contributed by atoms with Crippen LogP contribution in [0.5, 0.6) is 5.75 Å². The van der Waals surface area contributed by atoms with Crippen LogP contribution < -0.4 is 4.74 Å². The van der Waals surface area contributed by atoms with Gasteiger partial charge in [-0.15, -0.1) is 0 Å². The van der Waals surface area contributed by atoms with Crippen LogP contribution in [0.15, 0.2) is 35.4 Å². The molecule has 0 saturated carbocycles. The van der Waals surface area contributed by atoms with Crippen LogP contribution in [-0.4, -0.2) is 61.1 Å². The van der Waals surface area contributed by atoms with E-state index >= 15 is 0 Å². The fraction of sp³-hybridized carbons (Fsp3) is 0.353. The van der Waals surface area contributed by atoms with Crippen LogP contribution in [-0.2, 0) is 33.7 Å². The number of halogens is 2. The second-order valence-electron chi connectivity index (χ2n) is 6.54. The quantitative estimate of drug-likeness (QED) is 0.700. The van der Waals surface area contributed by atoms with Crippen LogP contribution in [0.2, 0.25) is 0 Å². The predicted molar refractivity (Wildman–Crippen MR) is 92.8 cm³/mol. The van der Waals surface area contributed by atoms with Gasteiger partial charge in [-0.3, -0.25) is 14.5 Å². The van der Waals surface area contributed by atoms with Gasteiger partial charge in [-0.2, -0.15) is 18.0 Å². The van der Waals surface area contributed by atoms with E-state index < -0.39 is 17.6 Å². The molecule has 0 bridgehead atoms. The molecule has 1 fully saturated rings. The lowest BCUT2D eigenvalue weighted by atomic mass is 10.2. The fourth-order valence-electron chi connectivity index (χ4n) is 3.09. The topological polar surface area (TPSA) is 84.7 Å². The van der Waals surface area contributed by atoms with Crippen LogP contribution >= 0.6 is 0 Å². The molecular weight excluding hydrogens is 394 g/mol. The Morgan fingerprint density at radius 2 is 1.89 bits per heavy atom. The number of ether oxygens (including phenoxy) is 1. The Balaban J connectivity index is 1.38. The summed E-state index contributed by atoms with van der Waals surface area (Å²) >= 11 is 0. The Morgan fingerprint density at radius 3 is 2.50 bits per heavy atom. The molecule has 148 valence electrons. The number of fused-ring (bicyclic) bond motifs is 1. The minimum atomic E-state index is -2.92. The Kier molecular flexibility index (Phi) is 4.94. The molecule has 2 aliphatic heterocycles. The van der Waals surface area contributed by atoms with Crippen molar-refractivity contribution in [2.75, 3.05) is 19.6 Å². The van der Waals surface area contributed by atoms with Gasteiger partial charge in [0.25, 0.3) is 0 Å². The highest BCUT2D eigenvalue weighted by atomic mass is 32.2. The van der Waals surface area contributed by atoms with Crippen LogP contribution in [0.1, 0.15) is 11.3 Å². The van der Waals surface area contributed by atoms with E-state index in [0.29, 0.717) is 36.8 Å². The normalized spacial score (nSPS) is 17.5. The SMILES string of the molecule is O=C1CN(CC(=O)N2Cc3cn(S(=O)c4ccc(OC(F)F)cc4)nc3C2)C1. The van der Waals surface area contributed by atoms with E-state index in [1.807, 2.05) is 0 Å². The summed E-state index contributed by atoms with van der Waals surface area (Å²) in [7, 11) is -1.64. The van der Waals surface area contributed by atoms with Crippen molar-refractivity contribution in [1.29, 1.82) is 0 Å². The van der Waals surface area contributed by atoms with E-state index in [0.717, 1.165) is 5.56 Å². The van der Waals surface area contributed by atoms with Gasteiger partial charge in [-0.25, -0.2) is 4.21 Å². The zero-order chi connectivity index (χ0) is 19.8. The van der Waals surface area contributed by atoms with Crippen molar-refractivity contribution in [3.05, 3.63) is 41.7 Å². The van der Waals surface area contributed by atoms with Crippen molar-refractivity contribution in [3.63, 3.8) is 0 Å². The summed E-state index contributed by atoms with van der Waals surface area (Å²) in [4.78, 5) is 27.1. The smallest absolute Gasteiger partial charge is 0.387 e. The average Bonchev–Trinajstić information content (AvgIpc) is 3.19. The highest BCUT2D eigenvalue weighted by Crippen LogP contribution is 2.24. The lowest BCUT2D eigenvalue weighted by Crippen LogP contribution is -2.51. The van der Waals surface area contributed by atoms with Crippen LogP contribution in [0.25, 0.3) is 0 Å². The van der Waals surface area contributed by atoms with Crippen molar-refractivity contribution < 1.29 is 27.3 Å². The number of nitrogens with zero attached hydrogens (tertiary/aromatic N) is 4. The number of carbonyl (C=O) groups excluding carboxylic acids is 2. The molecule has 1 aromatic heterocycles. The highest BCUT2D eigenvalue weighted by molar-refractivity contribution is 7.83. The first-order valence-corrected chi connectivity index (χ1v) is 9.56. The number of hydrogen-bond donors (Lipinski definition) is 0. The maximum absolute atomic E-state index is 12.6. The molecule has 1 aromatic carbocycles. The maximum atomic E-state index is 12.6. The van der Waals surface area contributed by atoms with Crippen LogP contribution in [0.4, 0.5) is 8.78 Å². The van der Waals surface area contributed by atoms with Crippen LogP contribution in [0.3, 0.4) is 0 Å². The zero-order valence-corrected chi connectivity index (χ0v) is 15.4. The Labute approximate surface area is 161 Å². The lowest BCUT2D eigenvalue weighted by Gasteiger charge is -2.30. The first-order valence-electron chi connectivity index (χ1n) is 8.45. The summed E-state index contributed by atoms with van der Waals surface area (Å²) in [6, 6.07) is 5.50. The standard InChI is InChI=1S/C17H16F2N4O4S/c18-17(19)27-13-1-3-14(4-2-13)28(26)23-6-11-5-22(9-15(11)20-23)16(25)10-21-7-12(24)8-21/h1-4,6,17H,5,7-10H2. The van der Waals surface area contributed by atoms with Crippen molar-refractivity contribution in [2.24, 2.45) is 0 Å². The molecule has 2 aliphatic rings. The number of aromatic nitrogens is 2. The number of carbonyl (C=O) groups is 2. The summed E-state index contributed by atoms with van der Waals surface area (Å²) in [6.07, 6.45) is 1.62. The van der Waals surface area contributed by atoms with Gasteiger partial charge < -0.3 is 9.64 Å². The molecule has 1 amide bonds. The molecule has 0 spiro atoms. The highest BCUT2D eigenvalue weighted by Gasteiger charge is 2.31. The molecule has 1 atom stereocenters. The number of amides is 1. The van der Waals surface area contributed by atoms with Gasteiger partial charge in [-0.1, -0.05) is 0 Å². The van der Waals surface area contributed by atoms with Gasteiger partial charge in [0, 0.05) is 18.3 Å². The molecule has 0 N–H and O–H groups in total. The van der Waals surface area contributed by atoms with E-state index in [-0.39, 0.29) is 24.0 Å². The fourth-order valence-corrected chi connectivity index (χ4v) is 4.07. The first-order chi connectivity index (χ1) is 13.4. The largest absolute Gasteiger partial charge is 0.435 e. The summed E-state index contributed by atoms with van der Waals surface area (Å²) in [6.45, 7) is -1.39. The second-order valence-corrected chi connectivity index (χ2v) is 7.88. The second kappa shape index (κ2) is 7.40. The number of alkyl halides is 2. The van der Waals surface area contributed by atoms with E-state index in [1.165, 1.54) is 28.4 Å². The molecule has 11 heteroatoms. The van der Waals surface area contributed by atoms with Gasteiger partial charge in [0.15, 0.2) is 16.8 Å². The molecular formula is C17H16F2N4O4S. The van der Waals surface area contributed by atoms with Crippen molar-refractivity contribution in [3.8, 4) is 5.75 Å². The molecule has 2 aromatic rings. The van der Waals surface area contributed by atoms with Gasteiger partial charge in [0.2, 0.25) is 5.91 Å². The maximum Gasteiger partial charge on any atom is 0.387 e. The number of benzene rings is 1. The Morgan fingerprint density at radius 1 is 1.18 bits per heavy atom. The number of hydrogen-bond acceptors (Lipinski definition) is 6. The van der Waals surface area contributed by atoms with Crippen molar-refractivity contribution >= 4 is 22.7 Å². The summed E-state index contributed by atoms with van der Waals surface area (Å²) in [5, 5.41) is 4.30. The third-order valence-electron chi connectivity index (χ3n) is 4.49. The van der Waals surface area contributed by atoms with Crippen LogP contribution in [0, 0.1) is 0 Å².